The summed E-state index contributed by atoms with van der Waals surface area (Å²) in [5.41, 5.74) is 0.737. The number of carbonyl (C=O) groups is 2. The fourth-order valence-corrected chi connectivity index (χ4v) is 5.06. The zero-order valence-electron chi connectivity index (χ0n) is 14.8. The summed E-state index contributed by atoms with van der Waals surface area (Å²) in [5, 5.41) is 0. The zero-order valence-corrected chi connectivity index (χ0v) is 18.0. The van der Waals surface area contributed by atoms with Crippen molar-refractivity contribution >= 4 is 60.7 Å². The van der Waals surface area contributed by atoms with E-state index in [0.29, 0.717) is 34.4 Å². The largest absolute Gasteiger partial charge is 0.486 e. The fraction of sp³-hybridized carbons (Fsp3) is 0.278. The summed E-state index contributed by atoms with van der Waals surface area (Å²) >= 11 is 5.97. The Morgan fingerprint density at radius 2 is 1.96 bits per heavy atom. The second-order valence-corrected chi connectivity index (χ2v) is 9.23. The number of thiazole rings is 1. The van der Waals surface area contributed by atoms with Crippen molar-refractivity contribution < 1.29 is 23.8 Å². The number of nitrogens with zero attached hydrogens (tertiary/aromatic N) is 2. The monoisotopic (exact) mass is 482 g/mol. The van der Waals surface area contributed by atoms with Gasteiger partial charge in [-0.2, -0.15) is 4.99 Å². The Kier molecular flexibility index (Phi) is 5.51. The van der Waals surface area contributed by atoms with E-state index < -0.39 is 5.97 Å². The number of benzene rings is 1. The minimum Gasteiger partial charge on any atom is -0.486 e. The van der Waals surface area contributed by atoms with E-state index in [0.717, 1.165) is 14.0 Å². The summed E-state index contributed by atoms with van der Waals surface area (Å²) in [6, 6.07) is 7.17. The molecule has 146 valence electrons. The van der Waals surface area contributed by atoms with E-state index in [4.69, 9.17) is 14.2 Å². The van der Waals surface area contributed by atoms with Gasteiger partial charge in [-0.15, -0.1) is 11.3 Å². The van der Waals surface area contributed by atoms with E-state index in [-0.39, 0.29) is 19.1 Å². The molecular weight excluding hydrogens is 468 g/mol. The lowest BCUT2D eigenvalue weighted by molar-refractivity contribution is -0.143. The van der Waals surface area contributed by atoms with E-state index in [1.807, 2.05) is 12.1 Å². The highest BCUT2D eigenvalue weighted by molar-refractivity contribution is 9.11. The first-order valence-electron chi connectivity index (χ1n) is 8.48. The molecule has 0 unspecified atom stereocenters. The summed E-state index contributed by atoms with van der Waals surface area (Å²) in [4.78, 5) is 29.9. The number of ether oxygens (including phenoxy) is 3. The summed E-state index contributed by atoms with van der Waals surface area (Å²) in [7, 11) is 0. The number of amides is 1. The van der Waals surface area contributed by atoms with Crippen molar-refractivity contribution in [3.63, 3.8) is 0 Å². The molecule has 0 N–H and O–H groups in total. The fourth-order valence-electron chi connectivity index (χ4n) is 2.75. The molecule has 0 fully saturated rings. The number of hydrogen-bond acceptors (Lipinski definition) is 7. The third kappa shape index (κ3) is 3.85. The third-order valence-electron chi connectivity index (χ3n) is 3.92. The highest BCUT2D eigenvalue weighted by atomic mass is 79.9. The average Bonchev–Trinajstić information content (AvgIpc) is 3.24. The molecule has 0 spiro atoms. The number of thiophene rings is 1. The molecule has 2 aromatic heterocycles. The van der Waals surface area contributed by atoms with Crippen molar-refractivity contribution in [1.82, 2.24) is 4.57 Å². The molecule has 1 aromatic carbocycles. The highest BCUT2D eigenvalue weighted by Crippen LogP contribution is 2.35. The molecule has 1 amide bonds. The van der Waals surface area contributed by atoms with Crippen LogP contribution in [0.2, 0.25) is 0 Å². The van der Waals surface area contributed by atoms with Crippen molar-refractivity contribution in [2.45, 2.75) is 13.5 Å². The number of halogens is 1. The molecule has 0 saturated heterocycles. The molecule has 0 bridgehead atoms. The molecule has 28 heavy (non-hydrogen) atoms. The van der Waals surface area contributed by atoms with Gasteiger partial charge < -0.3 is 18.8 Å². The Bertz CT molecular complexity index is 1130. The van der Waals surface area contributed by atoms with E-state index in [2.05, 4.69) is 20.9 Å². The van der Waals surface area contributed by atoms with Gasteiger partial charge in [-0.3, -0.25) is 9.59 Å². The van der Waals surface area contributed by atoms with Crippen LogP contribution < -0.4 is 14.3 Å². The van der Waals surface area contributed by atoms with Crippen LogP contribution in [0.25, 0.3) is 10.2 Å². The van der Waals surface area contributed by atoms with E-state index in [1.165, 1.54) is 22.7 Å². The molecule has 10 heteroatoms. The summed E-state index contributed by atoms with van der Waals surface area (Å²) in [6.45, 7) is 2.93. The van der Waals surface area contributed by atoms with Crippen LogP contribution in [0, 0.1) is 0 Å². The first kappa shape index (κ1) is 19.2. The van der Waals surface area contributed by atoms with Crippen LogP contribution in [0.5, 0.6) is 11.5 Å². The van der Waals surface area contributed by atoms with Crippen molar-refractivity contribution in [3.05, 3.63) is 37.7 Å². The molecule has 3 aromatic rings. The average molecular weight is 483 g/mol. The highest BCUT2D eigenvalue weighted by Gasteiger charge is 2.19. The van der Waals surface area contributed by atoms with E-state index in [1.54, 1.807) is 23.6 Å². The van der Waals surface area contributed by atoms with Gasteiger partial charge >= 0.3 is 5.97 Å². The lowest BCUT2D eigenvalue weighted by Crippen LogP contribution is -2.23. The number of fused-ring (bicyclic) bond motifs is 2. The van der Waals surface area contributed by atoms with Crippen LogP contribution in [0.3, 0.4) is 0 Å². The van der Waals surface area contributed by atoms with Crippen LogP contribution in [0.4, 0.5) is 0 Å². The Balaban J connectivity index is 1.84. The van der Waals surface area contributed by atoms with Crippen molar-refractivity contribution in [2.75, 3.05) is 19.8 Å². The molecule has 1 aliphatic heterocycles. The summed E-state index contributed by atoms with van der Waals surface area (Å²) < 4.78 is 19.7. The van der Waals surface area contributed by atoms with Crippen molar-refractivity contribution in [2.24, 2.45) is 4.99 Å². The zero-order chi connectivity index (χ0) is 19.7. The number of hydrogen-bond donors (Lipinski definition) is 0. The number of rotatable bonds is 4. The van der Waals surface area contributed by atoms with Crippen LogP contribution in [0.15, 0.2) is 33.0 Å². The second kappa shape index (κ2) is 8.06. The molecule has 3 heterocycles. The molecule has 0 radical (unpaired) electrons. The van der Waals surface area contributed by atoms with Gasteiger partial charge in [0, 0.05) is 12.1 Å². The van der Waals surface area contributed by atoms with Gasteiger partial charge in [0.2, 0.25) is 0 Å². The molecule has 0 aliphatic carbocycles. The molecule has 7 nitrogen and oxygen atoms in total. The predicted octanol–water partition coefficient (Wildman–Crippen LogP) is 3.60. The third-order valence-corrected chi connectivity index (χ3v) is 6.57. The maximum absolute atomic E-state index is 12.6. The quantitative estimate of drug-likeness (QED) is 0.530. The Hall–Kier alpha value is -2.17. The molecule has 1 aliphatic rings. The summed E-state index contributed by atoms with van der Waals surface area (Å²) in [5.74, 6) is 0.486. The Labute approximate surface area is 176 Å². The molecular formula is C18H15BrN2O5S2. The van der Waals surface area contributed by atoms with E-state index in [9.17, 15) is 9.59 Å². The predicted molar refractivity (Wildman–Crippen MR) is 109 cm³/mol. The topological polar surface area (TPSA) is 79.1 Å². The number of esters is 1. The lowest BCUT2D eigenvalue weighted by Gasteiger charge is -2.18. The Morgan fingerprint density at radius 1 is 1.21 bits per heavy atom. The van der Waals surface area contributed by atoms with Gasteiger partial charge in [0.25, 0.3) is 5.91 Å². The van der Waals surface area contributed by atoms with Gasteiger partial charge in [0.05, 0.1) is 25.5 Å². The molecule has 0 atom stereocenters. The first-order valence-corrected chi connectivity index (χ1v) is 10.9. The van der Waals surface area contributed by atoms with Crippen molar-refractivity contribution in [1.29, 1.82) is 0 Å². The van der Waals surface area contributed by atoms with Crippen LogP contribution in [-0.4, -0.2) is 36.3 Å². The van der Waals surface area contributed by atoms with Crippen LogP contribution in [0.1, 0.15) is 16.6 Å². The Morgan fingerprint density at radius 3 is 2.64 bits per heavy atom. The van der Waals surface area contributed by atoms with Gasteiger partial charge in [-0.05, 0) is 35.0 Å². The standard InChI is InChI=1S/C18H15BrN2O5S2/c1-2-24-16(22)9-21-10-7-11-12(26-6-5-25-11)8-14(10)28-18(21)20-17(23)13-3-4-15(19)27-13/h3-4,7-8H,2,5-6,9H2,1H3. The minimum absolute atomic E-state index is 0.0479. The number of aromatic nitrogens is 1. The second-order valence-electron chi connectivity index (χ2n) is 5.76. The smallest absolute Gasteiger partial charge is 0.326 e. The van der Waals surface area contributed by atoms with E-state index >= 15 is 0 Å². The summed E-state index contributed by atoms with van der Waals surface area (Å²) in [6.07, 6.45) is 0. The van der Waals surface area contributed by atoms with Crippen LogP contribution in [-0.2, 0) is 16.1 Å². The molecule has 4 rings (SSSR count). The van der Waals surface area contributed by atoms with Gasteiger partial charge in [0.15, 0.2) is 16.3 Å². The first-order chi connectivity index (χ1) is 13.5. The van der Waals surface area contributed by atoms with Gasteiger partial charge in [-0.25, -0.2) is 0 Å². The van der Waals surface area contributed by atoms with Gasteiger partial charge in [0.1, 0.15) is 19.8 Å². The number of carbonyl (C=O) groups excluding carboxylic acids is 2. The maximum atomic E-state index is 12.6. The molecule has 0 saturated carbocycles. The van der Waals surface area contributed by atoms with Crippen LogP contribution >= 0.6 is 38.6 Å². The normalized spacial score (nSPS) is 13.7. The minimum atomic E-state index is -0.398. The SMILES string of the molecule is CCOC(=O)Cn1c(=NC(=O)c2ccc(Br)s2)sc2cc3c(cc21)OCCO3. The van der Waals surface area contributed by atoms with Crippen molar-refractivity contribution in [3.8, 4) is 11.5 Å². The maximum Gasteiger partial charge on any atom is 0.326 e. The van der Waals surface area contributed by atoms with Gasteiger partial charge in [-0.1, -0.05) is 11.3 Å². The lowest BCUT2D eigenvalue weighted by atomic mass is 10.2.